The zero-order valence-corrected chi connectivity index (χ0v) is 15.2. The summed E-state index contributed by atoms with van der Waals surface area (Å²) in [6.45, 7) is 5.15. The fourth-order valence-corrected chi connectivity index (χ4v) is 3.60. The first-order valence-corrected chi connectivity index (χ1v) is 9.05. The van der Waals surface area contributed by atoms with Crippen molar-refractivity contribution in [3.05, 3.63) is 47.5 Å². The number of aromatic nitrogens is 2. The highest BCUT2D eigenvalue weighted by Gasteiger charge is 2.31. The van der Waals surface area contributed by atoms with Crippen LogP contribution < -0.4 is 4.74 Å². The molecule has 1 aliphatic rings. The lowest BCUT2D eigenvalue weighted by Gasteiger charge is -2.32. The maximum atomic E-state index is 12.2. The van der Waals surface area contributed by atoms with Gasteiger partial charge < -0.3 is 14.4 Å². The minimum atomic E-state index is -4.66. The summed E-state index contributed by atoms with van der Waals surface area (Å²) in [7, 11) is 0. The van der Waals surface area contributed by atoms with Crippen LogP contribution >= 0.6 is 0 Å². The summed E-state index contributed by atoms with van der Waals surface area (Å²) in [4.78, 5) is 6.83. The minimum absolute atomic E-state index is 0.0943. The molecule has 2 aromatic rings. The molecule has 0 saturated carbocycles. The third-order valence-corrected chi connectivity index (χ3v) is 4.93. The van der Waals surface area contributed by atoms with Gasteiger partial charge in [-0.05, 0) is 50.6 Å². The first-order chi connectivity index (χ1) is 12.9. The van der Waals surface area contributed by atoms with E-state index < -0.39 is 6.36 Å². The third kappa shape index (κ3) is 5.23. The molecule has 1 aromatic carbocycles. The average molecular weight is 383 g/mol. The molecule has 1 N–H and O–H groups in total. The van der Waals surface area contributed by atoms with Crippen LogP contribution in [0.15, 0.2) is 30.5 Å². The molecule has 0 bridgehead atoms. The van der Waals surface area contributed by atoms with E-state index in [0.29, 0.717) is 19.0 Å². The number of aliphatic hydroxyl groups is 1. The lowest BCUT2D eigenvalue weighted by atomic mass is 9.95. The molecule has 2 heterocycles. The molecule has 0 unspecified atom stereocenters. The van der Waals surface area contributed by atoms with Gasteiger partial charge in [-0.2, -0.15) is 0 Å². The molecule has 5 nitrogen and oxygen atoms in total. The van der Waals surface area contributed by atoms with E-state index >= 15 is 0 Å². The van der Waals surface area contributed by atoms with E-state index in [9.17, 15) is 18.3 Å². The molecule has 0 radical (unpaired) electrons. The molecule has 0 aliphatic carbocycles. The number of ether oxygens (including phenoxy) is 1. The van der Waals surface area contributed by atoms with Crippen molar-refractivity contribution < 1.29 is 23.0 Å². The summed E-state index contributed by atoms with van der Waals surface area (Å²) < 4.78 is 42.6. The SMILES string of the molecule is Cc1cnc(C2CCN(Cc3ccc(OC(F)(F)F)cc3)CC2)n1CCO. The molecular formula is C19H24F3N3O2. The first kappa shape index (κ1) is 19.7. The minimum Gasteiger partial charge on any atom is -0.406 e. The molecule has 1 fully saturated rings. The predicted octanol–water partition coefficient (Wildman–Crippen LogP) is 3.46. The van der Waals surface area contributed by atoms with Crippen molar-refractivity contribution in [1.82, 2.24) is 14.5 Å². The van der Waals surface area contributed by atoms with E-state index in [1.807, 2.05) is 13.1 Å². The quantitative estimate of drug-likeness (QED) is 0.830. The van der Waals surface area contributed by atoms with Crippen LogP contribution in [-0.2, 0) is 13.1 Å². The Bertz CT molecular complexity index is 736. The topological polar surface area (TPSA) is 50.5 Å². The van der Waals surface area contributed by atoms with Crippen LogP contribution in [0.2, 0.25) is 0 Å². The average Bonchev–Trinajstić information content (AvgIpc) is 2.97. The zero-order chi connectivity index (χ0) is 19.4. The first-order valence-electron chi connectivity index (χ1n) is 9.05. The molecule has 0 atom stereocenters. The summed E-state index contributed by atoms with van der Waals surface area (Å²) >= 11 is 0. The number of halogens is 3. The van der Waals surface area contributed by atoms with Crippen molar-refractivity contribution in [3.63, 3.8) is 0 Å². The standard InChI is InChI=1S/C19H24F3N3O2/c1-14-12-23-18(25(14)10-11-26)16-6-8-24(9-7-16)13-15-2-4-17(5-3-15)27-19(20,21)22/h2-5,12,16,26H,6-11,13H2,1H3. The van der Waals surface area contributed by atoms with Gasteiger partial charge in [0.25, 0.3) is 0 Å². The summed E-state index contributed by atoms with van der Waals surface area (Å²) in [5, 5.41) is 9.25. The van der Waals surface area contributed by atoms with Gasteiger partial charge in [0.05, 0.1) is 6.61 Å². The van der Waals surface area contributed by atoms with Gasteiger partial charge in [-0.1, -0.05) is 12.1 Å². The normalized spacial score (nSPS) is 16.6. The van der Waals surface area contributed by atoms with Gasteiger partial charge >= 0.3 is 6.36 Å². The Morgan fingerprint density at radius 2 is 1.85 bits per heavy atom. The predicted molar refractivity (Wildman–Crippen MR) is 94.4 cm³/mol. The smallest absolute Gasteiger partial charge is 0.406 e. The Kier molecular flexibility index (Phi) is 6.06. The number of piperidine rings is 1. The molecular weight excluding hydrogens is 359 g/mol. The van der Waals surface area contributed by atoms with Crippen LogP contribution in [0.4, 0.5) is 13.2 Å². The van der Waals surface area contributed by atoms with Crippen molar-refractivity contribution >= 4 is 0 Å². The number of nitrogens with zero attached hydrogens (tertiary/aromatic N) is 3. The Balaban J connectivity index is 1.54. The van der Waals surface area contributed by atoms with Crippen LogP contribution in [0.1, 0.15) is 35.8 Å². The number of rotatable bonds is 6. The van der Waals surface area contributed by atoms with Crippen molar-refractivity contribution in [1.29, 1.82) is 0 Å². The van der Waals surface area contributed by atoms with E-state index in [2.05, 4.69) is 19.2 Å². The fraction of sp³-hybridized carbons (Fsp3) is 0.526. The van der Waals surface area contributed by atoms with Crippen LogP contribution in [-0.4, -0.2) is 45.6 Å². The van der Waals surface area contributed by atoms with Crippen LogP contribution in [0, 0.1) is 6.92 Å². The number of hydrogen-bond donors (Lipinski definition) is 1. The lowest BCUT2D eigenvalue weighted by molar-refractivity contribution is -0.274. The highest BCUT2D eigenvalue weighted by atomic mass is 19.4. The van der Waals surface area contributed by atoms with Gasteiger partial charge in [0.1, 0.15) is 11.6 Å². The second kappa shape index (κ2) is 8.31. The molecule has 0 spiro atoms. The van der Waals surface area contributed by atoms with Gasteiger partial charge in [0, 0.05) is 30.9 Å². The second-order valence-corrected chi connectivity index (χ2v) is 6.88. The van der Waals surface area contributed by atoms with Gasteiger partial charge in [-0.15, -0.1) is 13.2 Å². The van der Waals surface area contributed by atoms with Crippen LogP contribution in [0.25, 0.3) is 0 Å². The number of aryl methyl sites for hydroxylation is 1. The maximum absolute atomic E-state index is 12.2. The number of likely N-dealkylation sites (tertiary alicyclic amines) is 1. The van der Waals surface area contributed by atoms with Gasteiger partial charge in [-0.3, -0.25) is 4.90 Å². The number of hydrogen-bond acceptors (Lipinski definition) is 4. The fourth-order valence-electron chi connectivity index (χ4n) is 3.60. The van der Waals surface area contributed by atoms with Crippen molar-refractivity contribution in [2.75, 3.05) is 19.7 Å². The molecule has 8 heteroatoms. The Hall–Kier alpha value is -2.06. The summed E-state index contributed by atoms with van der Waals surface area (Å²) in [6.07, 6.45) is -0.875. The molecule has 27 heavy (non-hydrogen) atoms. The van der Waals surface area contributed by atoms with Crippen LogP contribution in [0.3, 0.4) is 0 Å². The van der Waals surface area contributed by atoms with Crippen molar-refractivity contribution in [2.45, 2.75) is 45.1 Å². The molecule has 1 aromatic heterocycles. The number of imidazole rings is 1. The van der Waals surface area contributed by atoms with Gasteiger partial charge in [0.15, 0.2) is 0 Å². The number of aliphatic hydroxyl groups excluding tert-OH is 1. The van der Waals surface area contributed by atoms with Crippen molar-refractivity contribution in [2.24, 2.45) is 0 Å². The highest BCUT2D eigenvalue weighted by molar-refractivity contribution is 5.27. The van der Waals surface area contributed by atoms with Crippen LogP contribution in [0.5, 0.6) is 5.75 Å². The Morgan fingerprint density at radius 1 is 1.19 bits per heavy atom. The monoisotopic (exact) mass is 383 g/mol. The lowest BCUT2D eigenvalue weighted by Crippen LogP contribution is -2.33. The molecule has 148 valence electrons. The summed E-state index contributed by atoms with van der Waals surface area (Å²) in [6, 6.07) is 6.04. The molecule has 0 amide bonds. The molecule has 3 rings (SSSR count). The van der Waals surface area contributed by atoms with E-state index in [1.165, 1.54) is 12.1 Å². The maximum Gasteiger partial charge on any atom is 0.573 e. The second-order valence-electron chi connectivity index (χ2n) is 6.88. The van der Waals surface area contributed by atoms with E-state index in [-0.39, 0.29) is 12.4 Å². The third-order valence-electron chi connectivity index (χ3n) is 4.93. The van der Waals surface area contributed by atoms with E-state index in [4.69, 9.17) is 0 Å². The summed E-state index contributed by atoms with van der Waals surface area (Å²) in [5.74, 6) is 1.20. The van der Waals surface area contributed by atoms with E-state index in [1.54, 1.807) is 12.1 Å². The van der Waals surface area contributed by atoms with Gasteiger partial charge in [0.2, 0.25) is 0 Å². The molecule has 1 saturated heterocycles. The highest BCUT2D eigenvalue weighted by Crippen LogP contribution is 2.29. The number of alkyl halides is 3. The van der Waals surface area contributed by atoms with E-state index in [0.717, 1.165) is 43.0 Å². The Labute approximate surface area is 156 Å². The zero-order valence-electron chi connectivity index (χ0n) is 15.2. The largest absolute Gasteiger partial charge is 0.573 e. The summed E-state index contributed by atoms with van der Waals surface area (Å²) in [5.41, 5.74) is 2.02. The molecule has 1 aliphatic heterocycles. The van der Waals surface area contributed by atoms with Gasteiger partial charge in [-0.25, -0.2) is 4.98 Å². The Morgan fingerprint density at radius 3 is 2.44 bits per heavy atom. The van der Waals surface area contributed by atoms with Crippen molar-refractivity contribution in [3.8, 4) is 5.75 Å². The number of benzene rings is 1.